The molecule has 2 N–H and O–H groups in total. The maximum Gasteiger partial charge on any atom is 0.255 e. The Balaban J connectivity index is 1.23. The van der Waals surface area contributed by atoms with Crippen LogP contribution in [0.5, 0.6) is 0 Å². The van der Waals surface area contributed by atoms with Crippen molar-refractivity contribution in [2.24, 2.45) is 0 Å². The Hall–Kier alpha value is -3.91. The SMILES string of the molecule is Cc1cccn2cc(-c3ccc(NC(=O)c4ccc(CSc5ncn[nH]5)cc4)cc3)nc12. The standard InChI is InChI=1S/C24H20N6OS/c1-16-3-2-12-30-13-21(28-22(16)30)18-8-10-20(11-9-18)27-23(31)19-6-4-17(5-7-19)14-32-24-25-15-26-29-24/h2-13,15H,14H2,1H3,(H,27,31)(H,25,26,29). The number of aromatic amines is 1. The van der Waals surface area contributed by atoms with Crippen LogP contribution < -0.4 is 5.32 Å². The average molecular weight is 441 g/mol. The molecule has 158 valence electrons. The zero-order chi connectivity index (χ0) is 21.9. The number of benzene rings is 2. The Morgan fingerprint density at radius 3 is 2.62 bits per heavy atom. The summed E-state index contributed by atoms with van der Waals surface area (Å²) in [6.07, 6.45) is 5.49. The van der Waals surface area contributed by atoms with Gasteiger partial charge in [-0.05, 0) is 48.4 Å². The van der Waals surface area contributed by atoms with Crippen LogP contribution in [0.3, 0.4) is 0 Å². The van der Waals surface area contributed by atoms with Crippen LogP contribution in [-0.2, 0) is 5.75 Å². The predicted octanol–water partition coefficient (Wildman–Crippen LogP) is 4.97. The van der Waals surface area contributed by atoms with Crippen LogP contribution in [0.15, 0.2) is 84.5 Å². The number of aromatic nitrogens is 5. The van der Waals surface area contributed by atoms with Crippen LogP contribution in [0.4, 0.5) is 5.69 Å². The number of imidazole rings is 1. The predicted molar refractivity (Wildman–Crippen MR) is 126 cm³/mol. The van der Waals surface area contributed by atoms with E-state index in [1.807, 2.05) is 84.4 Å². The van der Waals surface area contributed by atoms with Crippen LogP contribution in [0.2, 0.25) is 0 Å². The summed E-state index contributed by atoms with van der Waals surface area (Å²) >= 11 is 1.56. The summed E-state index contributed by atoms with van der Waals surface area (Å²) in [6.45, 7) is 2.05. The molecule has 0 bridgehead atoms. The maximum absolute atomic E-state index is 12.6. The van der Waals surface area contributed by atoms with Gasteiger partial charge in [0.1, 0.15) is 12.0 Å². The highest BCUT2D eigenvalue weighted by atomic mass is 32.2. The van der Waals surface area contributed by atoms with Gasteiger partial charge in [-0.2, -0.15) is 5.10 Å². The lowest BCUT2D eigenvalue weighted by atomic mass is 10.1. The van der Waals surface area contributed by atoms with Gasteiger partial charge in [0, 0.05) is 35.0 Å². The Morgan fingerprint density at radius 2 is 1.91 bits per heavy atom. The minimum atomic E-state index is -0.143. The molecule has 0 aliphatic carbocycles. The number of thioether (sulfide) groups is 1. The number of carbonyl (C=O) groups excluding carboxylic acids is 1. The van der Waals surface area contributed by atoms with E-state index in [0.717, 1.165) is 44.6 Å². The van der Waals surface area contributed by atoms with E-state index in [4.69, 9.17) is 4.98 Å². The molecule has 0 aliphatic heterocycles. The molecular weight excluding hydrogens is 420 g/mol. The molecule has 7 nitrogen and oxygen atoms in total. The number of aryl methyl sites for hydroxylation is 1. The van der Waals surface area contributed by atoms with Crippen LogP contribution in [0.25, 0.3) is 16.9 Å². The number of H-pyrrole nitrogens is 1. The lowest BCUT2D eigenvalue weighted by Crippen LogP contribution is -2.11. The number of carbonyl (C=O) groups is 1. The van der Waals surface area contributed by atoms with Gasteiger partial charge in [-0.15, -0.1) is 0 Å². The van der Waals surface area contributed by atoms with Gasteiger partial charge in [0.2, 0.25) is 0 Å². The Kier molecular flexibility index (Phi) is 5.43. The molecule has 0 spiro atoms. The number of fused-ring (bicyclic) bond motifs is 1. The van der Waals surface area contributed by atoms with Gasteiger partial charge in [-0.25, -0.2) is 9.97 Å². The first-order valence-corrected chi connectivity index (χ1v) is 11.1. The first kappa shape index (κ1) is 20.0. The van der Waals surface area contributed by atoms with Gasteiger partial charge in [0.25, 0.3) is 5.91 Å². The fourth-order valence-electron chi connectivity index (χ4n) is 3.39. The summed E-state index contributed by atoms with van der Waals surface area (Å²) in [5.41, 5.74) is 6.43. The molecule has 1 amide bonds. The van der Waals surface area contributed by atoms with Gasteiger partial charge < -0.3 is 9.72 Å². The van der Waals surface area contributed by atoms with Crippen molar-refractivity contribution in [1.29, 1.82) is 0 Å². The quantitative estimate of drug-likeness (QED) is 0.364. The lowest BCUT2D eigenvalue weighted by molar-refractivity contribution is 0.102. The summed E-state index contributed by atoms with van der Waals surface area (Å²) in [5.74, 6) is 0.608. The Labute approximate surface area is 188 Å². The number of rotatable bonds is 6. The fraction of sp³-hybridized carbons (Fsp3) is 0.0833. The normalized spacial score (nSPS) is 11.0. The van der Waals surface area contributed by atoms with Crippen LogP contribution >= 0.6 is 11.8 Å². The first-order chi connectivity index (χ1) is 15.7. The van der Waals surface area contributed by atoms with Crippen molar-refractivity contribution in [3.63, 3.8) is 0 Å². The topological polar surface area (TPSA) is 88.0 Å². The van der Waals surface area contributed by atoms with Gasteiger partial charge in [0.15, 0.2) is 5.16 Å². The zero-order valence-corrected chi connectivity index (χ0v) is 18.1. The number of anilines is 1. The average Bonchev–Trinajstić information content (AvgIpc) is 3.49. The van der Waals surface area contributed by atoms with Crippen molar-refractivity contribution >= 4 is 29.0 Å². The summed E-state index contributed by atoms with van der Waals surface area (Å²) in [7, 11) is 0. The molecule has 0 saturated carbocycles. The minimum absolute atomic E-state index is 0.143. The molecule has 3 heterocycles. The lowest BCUT2D eigenvalue weighted by Gasteiger charge is -2.07. The molecule has 0 radical (unpaired) electrons. The Morgan fingerprint density at radius 1 is 1.09 bits per heavy atom. The molecule has 32 heavy (non-hydrogen) atoms. The number of pyridine rings is 1. The van der Waals surface area contributed by atoms with Gasteiger partial charge in [-0.3, -0.25) is 9.89 Å². The third kappa shape index (κ3) is 4.26. The van der Waals surface area contributed by atoms with Crippen molar-refractivity contribution in [1.82, 2.24) is 24.6 Å². The highest BCUT2D eigenvalue weighted by Crippen LogP contribution is 2.23. The van der Waals surface area contributed by atoms with E-state index in [1.165, 1.54) is 6.33 Å². The first-order valence-electron chi connectivity index (χ1n) is 10.1. The third-order valence-electron chi connectivity index (χ3n) is 5.10. The smallest absolute Gasteiger partial charge is 0.255 e. The molecule has 5 aromatic rings. The van der Waals surface area contributed by atoms with Crippen LogP contribution in [0.1, 0.15) is 21.5 Å². The molecule has 5 rings (SSSR count). The maximum atomic E-state index is 12.6. The summed E-state index contributed by atoms with van der Waals surface area (Å²) in [5, 5.41) is 10.4. The van der Waals surface area contributed by atoms with Gasteiger partial charge in [-0.1, -0.05) is 42.1 Å². The third-order valence-corrected chi connectivity index (χ3v) is 6.05. The highest BCUT2D eigenvalue weighted by molar-refractivity contribution is 7.98. The molecule has 0 unspecified atom stereocenters. The van der Waals surface area contributed by atoms with Gasteiger partial charge >= 0.3 is 0 Å². The van der Waals surface area contributed by atoms with Crippen LogP contribution in [-0.4, -0.2) is 30.5 Å². The van der Waals surface area contributed by atoms with Crippen molar-refractivity contribution < 1.29 is 4.79 Å². The number of hydrogen-bond donors (Lipinski definition) is 2. The van der Waals surface area contributed by atoms with E-state index in [0.29, 0.717) is 5.56 Å². The van der Waals surface area contributed by atoms with E-state index < -0.39 is 0 Å². The van der Waals surface area contributed by atoms with Crippen LogP contribution in [0, 0.1) is 6.92 Å². The van der Waals surface area contributed by atoms with E-state index >= 15 is 0 Å². The van der Waals surface area contributed by atoms with Gasteiger partial charge in [0.05, 0.1) is 5.69 Å². The second-order valence-electron chi connectivity index (χ2n) is 7.36. The van der Waals surface area contributed by atoms with E-state index in [1.54, 1.807) is 11.8 Å². The zero-order valence-electron chi connectivity index (χ0n) is 17.3. The molecule has 0 atom stereocenters. The van der Waals surface area contributed by atoms with E-state index in [-0.39, 0.29) is 5.91 Å². The van der Waals surface area contributed by atoms with Crippen molar-refractivity contribution in [3.05, 3.63) is 96.1 Å². The molecule has 2 aromatic carbocycles. The number of hydrogen-bond acceptors (Lipinski definition) is 5. The van der Waals surface area contributed by atoms with E-state index in [2.05, 4.69) is 20.5 Å². The van der Waals surface area contributed by atoms with E-state index in [9.17, 15) is 4.79 Å². The molecule has 0 fully saturated rings. The van der Waals surface area contributed by atoms with Crippen molar-refractivity contribution in [2.45, 2.75) is 17.8 Å². The number of amides is 1. The number of nitrogens with one attached hydrogen (secondary N) is 2. The van der Waals surface area contributed by atoms with Crippen molar-refractivity contribution in [3.8, 4) is 11.3 Å². The minimum Gasteiger partial charge on any atom is -0.322 e. The molecule has 8 heteroatoms. The molecule has 0 aliphatic rings. The monoisotopic (exact) mass is 440 g/mol. The summed E-state index contributed by atoms with van der Waals surface area (Å²) in [6, 6.07) is 19.4. The summed E-state index contributed by atoms with van der Waals surface area (Å²) in [4.78, 5) is 21.4. The molecule has 3 aromatic heterocycles. The largest absolute Gasteiger partial charge is 0.322 e. The second-order valence-corrected chi connectivity index (χ2v) is 8.32. The highest BCUT2D eigenvalue weighted by Gasteiger charge is 2.09. The second kappa shape index (κ2) is 8.68. The summed E-state index contributed by atoms with van der Waals surface area (Å²) < 4.78 is 2.02. The van der Waals surface area contributed by atoms with Crippen molar-refractivity contribution in [2.75, 3.05) is 5.32 Å². The molecular formula is C24H20N6OS. The Bertz CT molecular complexity index is 1360. The molecule has 0 saturated heterocycles. The fourth-order valence-corrected chi connectivity index (χ4v) is 4.12. The number of nitrogens with zero attached hydrogens (tertiary/aromatic N) is 4.